The van der Waals surface area contributed by atoms with Crippen LogP contribution in [0.2, 0.25) is 0 Å². The third-order valence-electron chi connectivity index (χ3n) is 9.46. The van der Waals surface area contributed by atoms with Crippen molar-refractivity contribution in [2.75, 3.05) is 13.1 Å². The Bertz CT molecular complexity index is 1810. The number of H-pyrrole nitrogens is 2. The van der Waals surface area contributed by atoms with Crippen LogP contribution in [0.5, 0.6) is 0 Å². The molecular formula is C34H43BBrKN6O6. The van der Waals surface area contributed by atoms with E-state index in [0.717, 1.165) is 89.3 Å². The Morgan fingerprint density at radius 1 is 0.816 bits per heavy atom. The number of nitrogens with zero attached hydrogens (tertiary/aromatic N) is 4. The molecule has 12 nitrogen and oxygen atoms in total. The van der Waals surface area contributed by atoms with E-state index >= 15 is 0 Å². The van der Waals surface area contributed by atoms with E-state index in [1.165, 1.54) is 0 Å². The van der Waals surface area contributed by atoms with Crippen LogP contribution < -0.4 is 62.0 Å². The molecule has 3 aliphatic heterocycles. The number of imidazole rings is 2. The number of carboxylic acids is 1. The van der Waals surface area contributed by atoms with Crippen molar-refractivity contribution in [2.24, 2.45) is 0 Å². The molecule has 2 atom stereocenters. The number of halogens is 1. The number of rotatable bonds is 3. The van der Waals surface area contributed by atoms with Crippen molar-refractivity contribution in [1.29, 1.82) is 0 Å². The van der Waals surface area contributed by atoms with Gasteiger partial charge in [0.05, 0.1) is 45.4 Å². The summed E-state index contributed by atoms with van der Waals surface area (Å²) in [5.74, 6) is 0.902. The maximum atomic E-state index is 11.8. The number of fused-ring (bicyclic) bond motifs is 2. The molecule has 2 aromatic carbocycles. The fraction of sp³-hybridized carbons (Fsp3) is 0.500. The standard InChI is InChI=1S/C19H26BN3O3.C13H14BrN3O.C2H4O2.K/c1-12(24)23-10-6-7-16(23)17-21-14-9-8-13(11-15(14)22-17)20-25-18(2,3)19(4,5)26-20;1-8(18)17-6-2-3-12(17)13-15-10-5-4-9(14)7-11(10)16-13;1-2(3)4;/h8-9,11,16H,6-7,10H2,1-5H3,(H,21,22);4-5,7,12H,2-3,6H2,1H3,(H,15,16);1H3,(H,3,4);/q;;;+1/p-1/t16-;12-;;/m00../s1. The Balaban J connectivity index is 0.000000205. The summed E-state index contributed by atoms with van der Waals surface area (Å²) in [5, 5.41) is 8.89. The summed E-state index contributed by atoms with van der Waals surface area (Å²) < 4.78 is 13.3. The molecule has 2 amide bonds. The number of aromatic amines is 2. The van der Waals surface area contributed by atoms with Gasteiger partial charge in [-0.05, 0) is 96.1 Å². The molecule has 0 aliphatic carbocycles. The summed E-state index contributed by atoms with van der Waals surface area (Å²) in [6.07, 6.45) is 4.00. The largest absolute Gasteiger partial charge is 1.00 e. The average Bonchev–Trinajstić information content (AvgIpc) is 3.81. The van der Waals surface area contributed by atoms with Gasteiger partial charge in [-0.2, -0.15) is 0 Å². The molecule has 0 saturated carbocycles. The van der Waals surface area contributed by atoms with Gasteiger partial charge in [-0.15, -0.1) is 0 Å². The number of hydrogen-bond donors (Lipinski definition) is 2. The molecule has 5 heterocycles. The first-order valence-corrected chi connectivity index (χ1v) is 17.1. The zero-order valence-corrected chi connectivity index (χ0v) is 34.3. The van der Waals surface area contributed by atoms with E-state index in [9.17, 15) is 9.59 Å². The Labute approximate surface area is 338 Å². The first kappa shape index (κ1) is 39.7. The van der Waals surface area contributed by atoms with Crippen LogP contribution >= 0.6 is 15.9 Å². The van der Waals surface area contributed by atoms with Crippen LogP contribution in [0.4, 0.5) is 0 Å². The summed E-state index contributed by atoms with van der Waals surface area (Å²) in [4.78, 5) is 52.2. The van der Waals surface area contributed by atoms with Gasteiger partial charge < -0.3 is 39.0 Å². The molecule has 0 radical (unpaired) electrons. The third-order valence-corrected chi connectivity index (χ3v) is 9.95. The van der Waals surface area contributed by atoms with Gasteiger partial charge >= 0.3 is 58.5 Å². The minimum absolute atomic E-state index is 0. The predicted molar refractivity (Wildman–Crippen MR) is 185 cm³/mol. The number of nitrogens with one attached hydrogen (secondary N) is 2. The second-order valence-electron chi connectivity index (χ2n) is 13.5. The maximum absolute atomic E-state index is 11.8. The van der Waals surface area contributed by atoms with Gasteiger partial charge in [0.25, 0.3) is 0 Å². The topological polar surface area (TPSA) is 157 Å². The predicted octanol–water partition coefficient (Wildman–Crippen LogP) is 1.31. The number of amides is 2. The molecule has 15 heteroatoms. The second-order valence-corrected chi connectivity index (χ2v) is 14.4. The third kappa shape index (κ3) is 9.04. The van der Waals surface area contributed by atoms with Crippen molar-refractivity contribution in [1.82, 2.24) is 29.7 Å². The van der Waals surface area contributed by atoms with Crippen LogP contribution in [-0.2, 0) is 23.7 Å². The second kappa shape index (κ2) is 16.1. The maximum Gasteiger partial charge on any atom is 1.00 e. The van der Waals surface area contributed by atoms with Crippen molar-refractivity contribution >= 4 is 68.4 Å². The molecule has 0 bridgehead atoms. The van der Waals surface area contributed by atoms with Crippen LogP contribution in [-0.4, -0.2) is 78.9 Å². The summed E-state index contributed by atoms with van der Waals surface area (Å²) in [6, 6.07) is 12.2. The molecule has 0 unspecified atom stereocenters. The van der Waals surface area contributed by atoms with Crippen LogP contribution in [0.3, 0.4) is 0 Å². The average molecular weight is 762 g/mol. The number of aromatic nitrogens is 4. The summed E-state index contributed by atoms with van der Waals surface area (Å²) in [5.41, 5.74) is 4.05. The van der Waals surface area contributed by atoms with Gasteiger partial charge in [0.2, 0.25) is 11.8 Å². The zero-order valence-electron chi connectivity index (χ0n) is 29.6. The Morgan fingerprint density at radius 2 is 1.24 bits per heavy atom. The fourth-order valence-electron chi connectivity index (χ4n) is 6.35. The van der Waals surface area contributed by atoms with E-state index in [4.69, 9.17) is 24.2 Å². The number of carbonyl (C=O) groups excluding carboxylic acids is 3. The first-order chi connectivity index (χ1) is 22.6. The molecule has 7 rings (SSSR count). The number of likely N-dealkylation sites (tertiary alicyclic amines) is 2. The van der Waals surface area contributed by atoms with Gasteiger partial charge in [0.15, 0.2) is 0 Å². The van der Waals surface area contributed by atoms with E-state index < -0.39 is 13.1 Å². The van der Waals surface area contributed by atoms with Crippen molar-refractivity contribution < 1.29 is 80.2 Å². The molecule has 4 aromatic rings. The van der Waals surface area contributed by atoms with Gasteiger partial charge in [0, 0.05) is 37.4 Å². The molecule has 3 aliphatic rings. The van der Waals surface area contributed by atoms with E-state index in [2.05, 4.69) is 58.6 Å². The molecule has 2 aromatic heterocycles. The van der Waals surface area contributed by atoms with E-state index in [0.29, 0.717) is 0 Å². The van der Waals surface area contributed by atoms with Gasteiger partial charge in [-0.25, -0.2) is 9.97 Å². The van der Waals surface area contributed by atoms with E-state index in [1.54, 1.807) is 13.8 Å². The molecule has 256 valence electrons. The van der Waals surface area contributed by atoms with Crippen LogP contribution in [0.15, 0.2) is 40.9 Å². The number of aliphatic carboxylic acids is 1. The smallest absolute Gasteiger partial charge is 0.550 e. The van der Waals surface area contributed by atoms with Gasteiger partial charge in [-0.3, -0.25) is 9.59 Å². The summed E-state index contributed by atoms with van der Waals surface area (Å²) in [6.45, 7) is 14.1. The van der Waals surface area contributed by atoms with Crippen LogP contribution in [0.25, 0.3) is 22.1 Å². The van der Waals surface area contributed by atoms with Crippen molar-refractivity contribution in [2.45, 2.75) is 97.4 Å². The van der Waals surface area contributed by atoms with Crippen molar-refractivity contribution in [3.8, 4) is 0 Å². The number of benzene rings is 2. The van der Waals surface area contributed by atoms with E-state index in [-0.39, 0.29) is 86.5 Å². The number of carbonyl (C=O) groups is 3. The van der Waals surface area contributed by atoms with Gasteiger partial charge in [-0.1, -0.05) is 22.0 Å². The minimum atomic E-state index is -1.08. The van der Waals surface area contributed by atoms with Crippen molar-refractivity contribution in [3.63, 3.8) is 0 Å². The van der Waals surface area contributed by atoms with E-state index in [1.807, 2.05) is 46.2 Å². The summed E-state index contributed by atoms with van der Waals surface area (Å²) >= 11 is 3.45. The molecular weight excluding hydrogens is 718 g/mol. The monoisotopic (exact) mass is 760 g/mol. The molecule has 49 heavy (non-hydrogen) atoms. The Hall–Kier alpha value is -2.11. The van der Waals surface area contributed by atoms with Crippen LogP contribution in [0, 0.1) is 0 Å². The molecule has 3 saturated heterocycles. The zero-order chi connectivity index (χ0) is 35.0. The fourth-order valence-corrected chi connectivity index (χ4v) is 6.71. The molecule has 2 N–H and O–H groups in total. The number of carboxylic acid groups (broad SMARTS) is 1. The first-order valence-electron chi connectivity index (χ1n) is 16.3. The Kier molecular flexibility index (Phi) is 13.0. The Morgan fingerprint density at radius 3 is 1.69 bits per heavy atom. The molecule has 3 fully saturated rings. The SMILES string of the molecule is CC(=O)N1CCC[C@H]1c1nc2ccc(B3OC(C)(C)C(C)(C)O3)cc2[nH]1.CC(=O)N1CCC[C@H]1c1nc2ccc(Br)cc2[nH]1.CC(=O)[O-].[K+]. The van der Waals surface area contributed by atoms with Gasteiger partial charge in [0.1, 0.15) is 11.6 Å². The normalized spacial score (nSPS) is 20.8. The molecule has 0 spiro atoms. The van der Waals surface area contributed by atoms with Crippen LogP contribution in [0.1, 0.15) is 97.9 Å². The quantitative estimate of drug-likeness (QED) is 0.297. The number of hydrogen-bond acceptors (Lipinski definition) is 8. The van der Waals surface area contributed by atoms with Crippen molar-refractivity contribution in [3.05, 3.63) is 52.5 Å². The summed E-state index contributed by atoms with van der Waals surface area (Å²) in [7, 11) is -0.392. The minimum Gasteiger partial charge on any atom is -0.550 e.